The van der Waals surface area contributed by atoms with Crippen LogP contribution in [0.4, 0.5) is 0 Å². The molecule has 17 heavy (non-hydrogen) atoms. The average molecular weight is 235 g/mol. The molecule has 1 saturated heterocycles. The fourth-order valence-corrected chi connectivity index (χ4v) is 2.20. The van der Waals surface area contributed by atoms with Gasteiger partial charge in [0.25, 0.3) is 0 Å². The van der Waals surface area contributed by atoms with E-state index >= 15 is 0 Å². The minimum Gasteiger partial charge on any atom is -0.372 e. The lowest BCUT2D eigenvalue weighted by Crippen LogP contribution is -2.28. The minimum atomic E-state index is 0.137. The summed E-state index contributed by atoms with van der Waals surface area (Å²) >= 11 is 0. The number of ether oxygens (including phenoxy) is 1. The highest BCUT2D eigenvalue weighted by Gasteiger charge is 2.30. The molecule has 0 amide bonds. The second kappa shape index (κ2) is 6.07. The van der Waals surface area contributed by atoms with Crippen LogP contribution in [0.2, 0.25) is 0 Å². The number of nitrogens with one attached hydrogen (secondary N) is 1. The summed E-state index contributed by atoms with van der Waals surface area (Å²) in [5.74, 6) is 1.22. The summed E-state index contributed by atoms with van der Waals surface area (Å²) in [5.41, 5.74) is 1.01. The molecule has 1 aliphatic rings. The molecule has 94 valence electrons. The number of hydrogen-bond donors (Lipinski definition) is 1. The Kier molecular flexibility index (Phi) is 4.45. The third-order valence-electron chi connectivity index (χ3n) is 3.07. The molecule has 4 nitrogen and oxygen atoms in total. The molecule has 1 fully saturated rings. The summed E-state index contributed by atoms with van der Waals surface area (Å²) in [6.07, 6.45) is 4.62. The van der Waals surface area contributed by atoms with Gasteiger partial charge in [0.05, 0.1) is 5.69 Å². The Hall–Kier alpha value is -1.00. The first-order valence-electron chi connectivity index (χ1n) is 6.35. The summed E-state index contributed by atoms with van der Waals surface area (Å²) in [7, 11) is 0. The molecule has 2 heterocycles. The quantitative estimate of drug-likeness (QED) is 0.845. The van der Waals surface area contributed by atoms with Crippen LogP contribution in [-0.4, -0.2) is 29.7 Å². The molecule has 0 saturated carbocycles. The molecule has 0 spiro atoms. The predicted molar refractivity (Wildman–Crippen MR) is 66.5 cm³/mol. The van der Waals surface area contributed by atoms with E-state index in [9.17, 15) is 0 Å². The molecular formula is C13H21N3O. The Morgan fingerprint density at radius 2 is 2.41 bits per heavy atom. The molecule has 0 aliphatic carbocycles. The fraction of sp³-hybridized carbons (Fsp3) is 0.692. The zero-order valence-corrected chi connectivity index (χ0v) is 10.6. The van der Waals surface area contributed by atoms with E-state index in [4.69, 9.17) is 4.74 Å². The van der Waals surface area contributed by atoms with Gasteiger partial charge in [0, 0.05) is 25.3 Å². The molecule has 1 N–H and O–H groups in total. The molecule has 2 atom stereocenters. The number of rotatable bonds is 5. The highest BCUT2D eigenvalue weighted by atomic mass is 16.5. The van der Waals surface area contributed by atoms with Gasteiger partial charge in [-0.15, -0.1) is 0 Å². The molecule has 1 aliphatic heterocycles. The first-order chi connectivity index (χ1) is 8.27. The maximum absolute atomic E-state index is 5.78. The summed E-state index contributed by atoms with van der Waals surface area (Å²) in [5, 5.41) is 3.50. The largest absolute Gasteiger partial charge is 0.372 e. The molecule has 1 aromatic rings. The van der Waals surface area contributed by atoms with Crippen molar-refractivity contribution in [3.05, 3.63) is 24.3 Å². The molecular weight excluding hydrogens is 214 g/mol. The van der Waals surface area contributed by atoms with Gasteiger partial charge in [0.2, 0.25) is 0 Å². The van der Waals surface area contributed by atoms with Gasteiger partial charge in [0.15, 0.2) is 0 Å². The standard InChI is InChI=1S/C13H21N3O/c1-10(2)7-15-8-11-4-6-17-13(11)12-3-5-14-9-16-12/h3,5,9-11,13,15H,4,6-8H2,1-2H3. The summed E-state index contributed by atoms with van der Waals surface area (Å²) in [6.45, 7) is 7.35. The lowest BCUT2D eigenvalue weighted by Gasteiger charge is -2.18. The highest BCUT2D eigenvalue weighted by molar-refractivity contribution is 5.05. The van der Waals surface area contributed by atoms with E-state index in [1.807, 2.05) is 6.07 Å². The zero-order valence-electron chi connectivity index (χ0n) is 10.6. The molecule has 2 rings (SSSR count). The molecule has 0 aromatic carbocycles. The first kappa shape index (κ1) is 12.5. The molecule has 4 heteroatoms. The van der Waals surface area contributed by atoms with Crippen LogP contribution < -0.4 is 5.32 Å². The second-order valence-corrected chi connectivity index (χ2v) is 5.03. The van der Waals surface area contributed by atoms with Crippen LogP contribution in [-0.2, 0) is 4.74 Å². The molecule has 0 bridgehead atoms. The van der Waals surface area contributed by atoms with Crippen LogP contribution in [0.15, 0.2) is 18.6 Å². The third-order valence-corrected chi connectivity index (χ3v) is 3.07. The van der Waals surface area contributed by atoms with Gasteiger partial charge in [-0.25, -0.2) is 9.97 Å². The second-order valence-electron chi connectivity index (χ2n) is 5.03. The number of nitrogens with zero attached hydrogens (tertiary/aromatic N) is 2. The summed E-state index contributed by atoms with van der Waals surface area (Å²) in [6, 6.07) is 1.95. The number of aromatic nitrogens is 2. The predicted octanol–water partition coefficient (Wildman–Crippen LogP) is 1.80. The van der Waals surface area contributed by atoms with Gasteiger partial charge in [-0.1, -0.05) is 13.8 Å². The van der Waals surface area contributed by atoms with E-state index in [1.54, 1.807) is 12.5 Å². The monoisotopic (exact) mass is 235 g/mol. The van der Waals surface area contributed by atoms with Crippen LogP contribution in [0, 0.1) is 11.8 Å². The van der Waals surface area contributed by atoms with Crippen molar-refractivity contribution in [3.8, 4) is 0 Å². The third kappa shape index (κ3) is 3.48. The highest BCUT2D eigenvalue weighted by Crippen LogP contribution is 2.32. The van der Waals surface area contributed by atoms with E-state index in [-0.39, 0.29) is 6.10 Å². The van der Waals surface area contributed by atoms with Crippen LogP contribution in [0.25, 0.3) is 0 Å². The van der Waals surface area contributed by atoms with Crippen LogP contribution in [0.3, 0.4) is 0 Å². The van der Waals surface area contributed by atoms with Gasteiger partial charge in [0.1, 0.15) is 12.4 Å². The van der Waals surface area contributed by atoms with Crippen LogP contribution in [0.5, 0.6) is 0 Å². The average Bonchev–Trinajstić information content (AvgIpc) is 2.78. The van der Waals surface area contributed by atoms with Gasteiger partial charge >= 0.3 is 0 Å². The maximum atomic E-state index is 5.78. The topological polar surface area (TPSA) is 47.0 Å². The first-order valence-corrected chi connectivity index (χ1v) is 6.35. The molecule has 2 unspecified atom stereocenters. The van der Waals surface area contributed by atoms with Crippen molar-refractivity contribution in [2.75, 3.05) is 19.7 Å². The van der Waals surface area contributed by atoms with E-state index in [0.717, 1.165) is 31.8 Å². The lowest BCUT2D eigenvalue weighted by molar-refractivity contribution is 0.0868. The Morgan fingerprint density at radius 3 is 3.12 bits per heavy atom. The summed E-state index contributed by atoms with van der Waals surface area (Å²) in [4.78, 5) is 8.24. The van der Waals surface area contributed by atoms with E-state index < -0.39 is 0 Å². The van der Waals surface area contributed by atoms with Crippen molar-refractivity contribution < 1.29 is 4.74 Å². The van der Waals surface area contributed by atoms with Gasteiger partial charge < -0.3 is 10.1 Å². The van der Waals surface area contributed by atoms with Crippen LogP contribution >= 0.6 is 0 Å². The van der Waals surface area contributed by atoms with Gasteiger partial charge in [-0.2, -0.15) is 0 Å². The summed E-state index contributed by atoms with van der Waals surface area (Å²) < 4.78 is 5.78. The van der Waals surface area contributed by atoms with E-state index in [0.29, 0.717) is 11.8 Å². The molecule has 0 radical (unpaired) electrons. The van der Waals surface area contributed by atoms with Crippen molar-refractivity contribution in [2.24, 2.45) is 11.8 Å². The SMILES string of the molecule is CC(C)CNCC1CCOC1c1ccncn1. The molecule has 1 aromatic heterocycles. The normalized spacial score (nSPS) is 24.4. The Bertz CT molecular complexity index is 329. The maximum Gasteiger partial charge on any atom is 0.115 e. The Morgan fingerprint density at radius 1 is 1.53 bits per heavy atom. The van der Waals surface area contributed by atoms with Crippen LogP contribution in [0.1, 0.15) is 32.1 Å². The van der Waals surface area contributed by atoms with E-state index in [1.165, 1.54) is 0 Å². The lowest BCUT2D eigenvalue weighted by atomic mass is 9.98. The van der Waals surface area contributed by atoms with Crippen molar-refractivity contribution in [1.29, 1.82) is 0 Å². The fourth-order valence-electron chi connectivity index (χ4n) is 2.20. The number of hydrogen-bond acceptors (Lipinski definition) is 4. The Balaban J connectivity index is 1.89. The minimum absolute atomic E-state index is 0.137. The van der Waals surface area contributed by atoms with Crippen molar-refractivity contribution >= 4 is 0 Å². The van der Waals surface area contributed by atoms with Crippen molar-refractivity contribution in [2.45, 2.75) is 26.4 Å². The van der Waals surface area contributed by atoms with Gasteiger partial charge in [-0.05, 0) is 24.9 Å². The Labute approximate surface area is 103 Å². The van der Waals surface area contributed by atoms with E-state index in [2.05, 4.69) is 29.1 Å². The smallest absolute Gasteiger partial charge is 0.115 e. The van der Waals surface area contributed by atoms with Gasteiger partial charge in [-0.3, -0.25) is 0 Å². The zero-order chi connectivity index (χ0) is 12.1. The van der Waals surface area contributed by atoms with Crippen molar-refractivity contribution in [3.63, 3.8) is 0 Å². The van der Waals surface area contributed by atoms with Crippen molar-refractivity contribution in [1.82, 2.24) is 15.3 Å².